The number of nitrogens with zero attached hydrogens (tertiary/aromatic N) is 1. The summed E-state index contributed by atoms with van der Waals surface area (Å²) in [5, 5.41) is 3.28. The summed E-state index contributed by atoms with van der Waals surface area (Å²) in [7, 11) is 0. The van der Waals surface area contributed by atoms with Crippen molar-refractivity contribution in [1.82, 2.24) is 10.3 Å². The smallest absolute Gasteiger partial charge is 0.251 e. The zero-order valence-corrected chi connectivity index (χ0v) is 11.2. The van der Waals surface area contributed by atoms with Gasteiger partial charge in [0.2, 0.25) is 0 Å². The second-order valence-corrected chi connectivity index (χ2v) is 4.85. The Kier molecular flexibility index (Phi) is 4.55. The molecule has 1 unspecified atom stereocenters. The predicted octanol–water partition coefficient (Wildman–Crippen LogP) is 2.06. The van der Waals surface area contributed by atoms with Gasteiger partial charge in [-0.1, -0.05) is 18.5 Å². The Morgan fingerprint density at radius 2 is 2.44 bits per heavy atom. The molecule has 1 atom stereocenters. The molecule has 1 fully saturated rings. The van der Waals surface area contributed by atoms with Crippen molar-refractivity contribution >= 4 is 17.5 Å². The highest BCUT2D eigenvalue weighted by atomic mass is 35.5. The van der Waals surface area contributed by atoms with Gasteiger partial charge in [0.15, 0.2) is 0 Å². The van der Waals surface area contributed by atoms with E-state index in [1.165, 1.54) is 0 Å². The SMILES string of the molecule is CCc1cc(C(=O)NCC2CCOC2)cc(Cl)n1. The van der Waals surface area contributed by atoms with Crippen LogP contribution in [0, 0.1) is 5.92 Å². The number of ether oxygens (including phenoxy) is 1. The minimum atomic E-state index is -0.0964. The van der Waals surface area contributed by atoms with E-state index in [0.717, 1.165) is 31.7 Å². The van der Waals surface area contributed by atoms with Crippen molar-refractivity contribution in [2.75, 3.05) is 19.8 Å². The highest BCUT2D eigenvalue weighted by molar-refractivity contribution is 6.29. The van der Waals surface area contributed by atoms with E-state index in [-0.39, 0.29) is 5.91 Å². The Balaban J connectivity index is 1.97. The molecule has 0 bridgehead atoms. The number of pyridine rings is 1. The van der Waals surface area contributed by atoms with Crippen LogP contribution in [0.15, 0.2) is 12.1 Å². The molecule has 1 aromatic rings. The van der Waals surface area contributed by atoms with Crippen molar-refractivity contribution in [3.63, 3.8) is 0 Å². The molecule has 0 radical (unpaired) electrons. The molecule has 4 nitrogen and oxygen atoms in total. The maximum absolute atomic E-state index is 12.0. The molecule has 18 heavy (non-hydrogen) atoms. The van der Waals surface area contributed by atoms with Gasteiger partial charge in [0, 0.05) is 30.3 Å². The van der Waals surface area contributed by atoms with Gasteiger partial charge in [-0.05, 0) is 25.0 Å². The Hall–Kier alpha value is -1.13. The standard InChI is InChI=1S/C13H17ClN2O2/c1-2-11-5-10(6-12(14)16-11)13(17)15-7-9-3-4-18-8-9/h5-6,9H,2-4,7-8H2,1H3,(H,15,17). The van der Waals surface area contributed by atoms with E-state index in [0.29, 0.717) is 23.2 Å². The maximum Gasteiger partial charge on any atom is 0.251 e. The van der Waals surface area contributed by atoms with Crippen molar-refractivity contribution in [1.29, 1.82) is 0 Å². The van der Waals surface area contributed by atoms with E-state index >= 15 is 0 Å². The first kappa shape index (κ1) is 13.3. The quantitative estimate of drug-likeness (QED) is 0.851. The third-order valence-electron chi connectivity index (χ3n) is 3.05. The number of hydrogen-bond donors (Lipinski definition) is 1. The minimum Gasteiger partial charge on any atom is -0.381 e. The Labute approximate surface area is 112 Å². The molecule has 1 aromatic heterocycles. The fourth-order valence-corrected chi connectivity index (χ4v) is 2.17. The largest absolute Gasteiger partial charge is 0.381 e. The van der Waals surface area contributed by atoms with Gasteiger partial charge in [-0.2, -0.15) is 0 Å². The van der Waals surface area contributed by atoms with Crippen LogP contribution in [0.5, 0.6) is 0 Å². The normalized spacial score (nSPS) is 18.9. The summed E-state index contributed by atoms with van der Waals surface area (Å²) < 4.78 is 5.27. The highest BCUT2D eigenvalue weighted by Crippen LogP contribution is 2.13. The zero-order chi connectivity index (χ0) is 13.0. The maximum atomic E-state index is 12.0. The first-order chi connectivity index (χ1) is 8.69. The van der Waals surface area contributed by atoms with Crippen molar-refractivity contribution in [3.8, 4) is 0 Å². The molecule has 1 N–H and O–H groups in total. The summed E-state index contributed by atoms with van der Waals surface area (Å²) >= 11 is 5.89. The zero-order valence-electron chi connectivity index (χ0n) is 10.4. The second kappa shape index (κ2) is 6.16. The molecule has 0 saturated carbocycles. The molecule has 1 saturated heterocycles. The van der Waals surface area contributed by atoms with Gasteiger partial charge in [0.05, 0.1) is 6.61 Å². The summed E-state index contributed by atoms with van der Waals surface area (Å²) in [6.07, 6.45) is 1.77. The first-order valence-corrected chi connectivity index (χ1v) is 6.59. The summed E-state index contributed by atoms with van der Waals surface area (Å²) in [5.41, 5.74) is 1.41. The van der Waals surface area contributed by atoms with E-state index in [1.54, 1.807) is 12.1 Å². The van der Waals surface area contributed by atoms with Crippen molar-refractivity contribution in [3.05, 3.63) is 28.5 Å². The number of hydrogen-bond acceptors (Lipinski definition) is 3. The van der Waals surface area contributed by atoms with Gasteiger partial charge >= 0.3 is 0 Å². The summed E-state index contributed by atoms with van der Waals surface area (Å²) in [6, 6.07) is 3.38. The lowest BCUT2D eigenvalue weighted by molar-refractivity contribution is 0.0944. The Bertz CT molecular complexity index is 431. The van der Waals surface area contributed by atoms with Gasteiger partial charge in [0.1, 0.15) is 5.15 Å². The van der Waals surface area contributed by atoms with Gasteiger partial charge in [-0.15, -0.1) is 0 Å². The third kappa shape index (κ3) is 3.43. The van der Waals surface area contributed by atoms with Crippen LogP contribution in [0.2, 0.25) is 5.15 Å². The second-order valence-electron chi connectivity index (χ2n) is 4.46. The molecule has 2 heterocycles. The van der Waals surface area contributed by atoms with Gasteiger partial charge in [-0.25, -0.2) is 4.98 Å². The number of amides is 1. The van der Waals surface area contributed by atoms with E-state index < -0.39 is 0 Å². The molecule has 0 aromatic carbocycles. The van der Waals surface area contributed by atoms with Gasteiger partial charge in [-0.3, -0.25) is 4.79 Å². The number of carbonyl (C=O) groups is 1. The Morgan fingerprint density at radius 1 is 1.61 bits per heavy atom. The molecule has 1 amide bonds. The lowest BCUT2D eigenvalue weighted by Crippen LogP contribution is -2.29. The summed E-state index contributed by atoms with van der Waals surface area (Å²) in [4.78, 5) is 16.1. The van der Waals surface area contributed by atoms with Crippen LogP contribution in [-0.2, 0) is 11.2 Å². The molecular formula is C13H17ClN2O2. The van der Waals surface area contributed by atoms with Crippen molar-refractivity contribution in [2.45, 2.75) is 19.8 Å². The van der Waals surface area contributed by atoms with Crippen LogP contribution in [0.3, 0.4) is 0 Å². The van der Waals surface area contributed by atoms with Crippen LogP contribution < -0.4 is 5.32 Å². The molecule has 5 heteroatoms. The summed E-state index contributed by atoms with van der Waals surface area (Å²) in [5.74, 6) is 0.331. The van der Waals surface area contributed by atoms with Crippen LogP contribution in [0.1, 0.15) is 29.4 Å². The lowest BCUT2D eigenvalue weighted by Gasteiger charge is -2.10. The predicted molar refractivity (Wildman–Crippen MR) is 69.9 cm³/mol. The highest BCUT2D eigenvalue weighted by Gasteiger charge is 2.17. The fourth-order valence-electron chi connectivity index (χ4n) is 1.95. The Morgan fingerprint density at radius 3 is 3.11 bits per heavy atom. The minimum absolute atomic E-state index is 0.0964. The fraction of sp³-hybridized carbons (Fsp3) is 0.538. The van der Waals surface area contributed by atoms with E-state index in [4.69, 9.17) is 16.3 Å². The monoisotopic (exact) mass is 268 g/mol. The molecule has 1 aliphatic rings. The summed E-state index contributed by atoms with van der Waals surface area (Å²) in [6.45, 7) is 4.16. The topological polar surface area (TPSA) is 51.2 Å². The number of carbonyl (C=O) groups excluding carboxylic acids is 1. The van der Waals surface area contributed by atoms with E-state index in [2.05, 4.69) is 10.3 Å². The number of aromatic nitrogens is 1. The van der Waals surface area contributed by atoms with E-state index in [1.807, 2.05) is 6.92 Å². The molecule has 0 spiro atoms. The van der Waals surface area contributed by atoms with Gasteiger partial charge < -0.3 is 10.1 Å². The average molecular weight is 269 g/mol. The first-order valence-electron chi connectivity index (χ1n) is 6.21. The van der Waals surface area contributed by atoms with Crippen LogP contribution in [-0.4, -0.2) is 30.6 Å². The molecule has 1 aliphatic heterocycles. The molecule has 0 aliphatic carbocycles. The number of halogens is 1. The van der Waals surface area contributed by atoms with E-state index in [9.17, 15) is 4.79 Å². The lowest BCUT2D eigenvalue weighted by atomic mass is 10.1. The molecule has 2 rings (SSSR count). The van der Waals surface area contributed by atoms with Crippen molar-refractivity contribution in [2.24, 2.45) is 5.92 Å². The van der Waals surface area contributed by atoms with Gasteiger partial charge in [0.25, 0.3) is 5.91 Å². The molecular weight excluding hydrogens is 252 g/mol. The number of aryl methyl sites for hydroxylation is 1. The van der Waals surface area contributed by atoms with Crippen LogP contribution in [0.4, 0.5) is 0 Å². The molecule has 98 valence electrons. The van der Waals surface area contributed by atoms with Crippen LogP contribution in [0.25, 0.3) is 0 Å². The number of rotatable bonds is 4. The van der Waals surface area contributed by atoms with Crippen LogP contribution >= 0.6 is 11.6 Å². The number of nitrogens with one attached hydrogen (secondary N) is 1. The van der Waals surface area contributed by atoms with Crippen molar-refractivity contribution < 1.29 is 9.53 Å². The average Bonchev–Trinajstić information content (AvgIpc) is 2.88. The third-order valence-corrected chi connectivity index (χ3v) is 3.24.